The molecule has 0 N–H and O–H groups in total. The van der Waals surface area contributed by atoms with Crippen molar-refractivity contribution in [3.05, 3.63) is 35.4 Å². The number of carbonyl (C=O) groups excluding carboxylic acids is 2. The number of nitrogens with zero attached hydrogens (tertiary/aromatic N) is 2. The number of hydrogen-bond acceptors (Lipinski definition) is 4. The van der Waals surface area contributed by atoms with E-state index in [2.05, 4.69) is 18.7 Å². The zero-order chi connectivity index (χ0) is 18.3. The Balaban J connectivity index is 1.39. The topological polar surface area (TPSA) is 49.9 Å². The highest BCUT2D eigenvalue weighted by molar-refractivity contribution is 5.94. The van der Waals surface area contributed by atoms with Crippen LogP contribution in [0.1, 0.15) is 55.5 Å². The van der Waals surface area contributed by atoms with Crippen molar-refractivity contribution in [2.75, 3.05) is 26.2 Å². The van der Waals surface area contributed by atoms with Gasteiger partial charge in [0.2, 0.25) is 5.91 Å². The highest BCUT2D eigenvalue weighted by Gasteiger charge is 2.48. The Morgan fingerprint density at radius 1 is 1.12 bits per heavy atom. The van der Waals surface area contributed by atoms with Crippen LogP contribution in [0.4, 0.5) is 0 Å². The minimum atomic E-state index is -0.499. The van der Waals surface area contributed by atoms with Gasteiger partial charge in [-0.2, -0.15) is 0 Å². The van der Waals surface area contributed by atoms with Crippen molar-refractivity contribution in [3.63, 3.8) is 0 Å². The molecule has 1 aliphatic carbocycles. The first kappa shape index (κ1) is 17.5. The standard InChI is InChI=1S/C21H28N2O3/c1-15(2)22-11-13-23(14-12-22)19(24)16-7-9-21(10-8-16)18-6-4-3-5-17(18)20(25)26-21/h3-6,15-16H,7-14H2,1-2H3. The Morgan fingerprint density at radius 3 is 2.42 bits per heavy atom. The third kappa shape index (κ3) is 2.92. The first-order chi connectivity index (χ1) is 12.5. The molecule has 2 fully saturated rings. The summed E-state index contributed by atoms with van der Waals surface area (Å²) in [5.41, 5.74) is 1.21. The number of carbonyl (C=O) groups is 2. The van der Waals surface area contributed by atoms with Gasteiger partial charge in [0.05, 0.1) is 5.56 Å². The van der Waals surface area contributed by atoms with E-state index in [1.165, 1.54) is 0 Å². The predicted molar refractivity (Wildman–Crippen MR) is 98.8 cm³/mol. The van der Waals surface area contributed by atoms with Crippen molar-refractivity contribution in [2.45, 2.75) is 51.2 Å². The van der Waals surface area contributed by atoms with E-state index in [0.717, 1.165) is 57.4 Å². The Morgan fingerprint density at radius 2 is 1.77 bits per heavy atom. The molecule has 0 unspecified atom stereocenters. The molecule has 1 spiro atoms. The normalized spacial score (nSPS) is 29.1. The van der Waals surface area contributed by atoms with E-state index in [9.17, 15) is 9.59 Å². The van der Waals surface area contributed by atoms with Crippen LogP contribution in [0.25, 0.3) is 0 Å². The second-order valence-corrected chi connectivity index (χ2v) is 8.16. The molecule has 0 radical (unpaired) electrons. The number of amides is 1. The van der Waals surface area contributed by atoms with E-state index in [1.807, 2.05) is 29.2 Å². The highest BCUT2D eigenvalue weighted by Crippen LogP contribution is 2.48. The van der Waals surface area contributed by atoms with Crippen LogP contribution in [0.15, 0.2) is 24.3 Å². The molecular weight excluding hydrogens is 328 g/mol. The van der Waals surface area contributed by atoms with Gasteiger partial charge in [-0.05, 0) is 45.6 Å². The molecule has 1 saturated carbocycles. The zero-order valence-electron chi connectivity index (χ0n) is 15.7. The van der Waals surface area contributed by atoms with Crippen molar-refractivity contribution in [1.82, 2.24) is 9.80 Å². The summed E-state index contributed by atoms with van der Waals surface area (Å²) in [5, 5.41) is 0. The number of piperazine rings is 1. The largest absolute Gasteiger partial charge is 0.451 e. The van der Waals surface area contributed by atoms with Crippen LogP contribution >= 0.6 is 0 Å². The molecule has 5 heteroatoms. The second kappa shape index (κ2) is 6.69. The molecule has 1 aromatic carbocycles. The van der Waals surface area contributed by atoms with Crippen molar-refractivity contribution in [1.29, 1.82) is 0 Å². The Bertz CT molecular complexity index is 699. The van der Waals surface area contributed by atoms with Gasteiger partial charge in [0.15, 0.2) is 0 Å². The van der Waals surface area contributed by atoms with E-state index < -0.39 is 5.60 Å². The fourth-order valence-corrected chi connectivity index (χ4v) is 4.77. The Hall–Kier alpha value is -1.88. The smallest absolute Gasteiger partial charge is 0.339 e. The van der Waals surface area contributed by atoms with E-state index in [0.29, 0.717) is 17.5 Å². The Labute approximate surface area is 155 Å². The second-order valence-electron chi connectivity index (χ2n) is 8.16. The molecule has 2 heterocycles. The lowest BCUT2D eigenvalue weighted by Crippen LogP contribution is -2.52. The lowest BCUT2D eigenvalue weighted by atomic mass is 9.74. The van der Waals surface area contributed by atoms with Gasteiger partial charge in [0.25, 0.3) is 0 Å². The monoisotopic (exact) mass is 356 g/mol. The molecular formula is C21H28N2O3. The first-order valence-corrected chi connectivity index (χ1v) is 9.86. The summed E-state index contributed by atoms with van der Waals surface area (Å²) < 4.78 is 5.80. The summed E-state index contributed by atoms with van der Waals surface area (Å²) >= 11 is 0. The summed E-state index contributed by atoms with van der Waals surface area (Å²) in [5.74, 6) is 0.147. The van der Waals surface area contributed by atoms with Crippen LogP contribution in [-0.4, -0.2) is 53.9 Å². The lowest BCUT2D eigenvalue weighted by Gasteiger charge is -2.41. The molecule has 0 aromatic heterocycles. The summed E-state index contributed by atoms with van der Waals surface area (Å²) in [4.78, 5) is 29.6. The maximum Gasteiger partial charge on any atom is 0.339 e. The molecule has 1 saturated heterocycles. The molecule has 4 rings (SSSR count). The summed E-state index contributed by atoms with van der Waals surface area (Å²) in [6.45, 7) is 8.00. The Kier molecular flexibility index (Phi) is 4.51. The zero-order valence-corrected chi connectivity index (χ0v) is 15.7. The average molecular weight is 356 g/mol. The van der Waals surface area contributed by atoms with Crippen LogP contribution in [0, 0.1) is 5.92 Å². The fraction of sp³-hybridized carbons (Fsp3) is 0.619. The molecule has 5 nitrogen and oxygen atoms in total. The van der Waals surface area contributed by atoms with Crippen LogP contribution < -0.4 is 0 Å². The fourth-order valence-electron chi connectivity index (χ4n) is 4.77. The number of rotatable bonds is 2. The van der Waals surface area contributed by atoms with Crippen LogP contribution in [0.3, 0.4) is 0 Å². The maximum atomic E-state index is 12.9. The summed E-state index contributed by atoms with van der Waals surface area (Å²) in [6, 6.07) is 8.24. The quantitative estimate of drug-likeness (QED) is 0.765. The lowest BCUT2D eigenvalue weighted by molar-refractivity contribution is -0.140. The maximum absolute atomic E-state index is 12.9. The number of hydrogen-bond donors (Lipinski definition) is 0. The summed E-state index contributed by atoms with van der Waals surface area (Å²) in [7, 11) is 0. The number of fused-ring (bicyclic) bond motifs is 2. The molecule has 0 atom stereocenters. The van der Waals surface area contributed by atoms with Gasteiger partial charge < -0.3 is 9.64 Å². The van der Waals surface area contributed by atoms with Crippen molar-refractivity contribution >= 4 is 11.9 Å². The molecule has 2 aliphatic heterocycles. The van der Waals surface area contributed by atoms with Gasteiger partial charge in [-0.15, -0.1) is 0 Å². The van der Waals surface area contributed by atoms with Crippen LogP contribution in [-0.2, 0) is 15.1 Å². The minimum Gasteiger partial charge on any atom is -0.451 e. The molecule has 1 amide bonds. The van der Waals surface area contributed by atoms with E-state index in [1.54, 1.807) is 0 Å². The van der Waals surface area contributed by atoms with E-state index in [4.69, 9.17) is 4.74 Å². The van der Waals surface area contributed by atoms with Crippen LogP contribution in [0.5, 0.6) is 0 Å². The van der Waals surface area contributed by atoms with Crippen molar-refractivity contribution < 1.29 is 14.3 Å². The van der Waals surface area contributed by atoms with Crippen molar-refractivity contribution in [2.24, 2.45) is 5.92 Å². The van der Waals surface area contributed by atoms with Gasteiger partial charge in [-0.25, -0.2) is 4.79 Å². The third-order valence-electron chi connectivity index (χ3n) is 6.42. The van der Waals surface area contributed by atoms with Crippen LogP contribution in [0.2, 0.25) is 0 Å². The molecule has 140 valence electrons. The van der Waals surface area contributed by atoms with Gasteiger partial charge in [0.1, 0.15) is 5.60 Å². The predicted octanol–water partition coefficient (Wildman–Crippen LogP) is 2.80. The SMILES string of the molecule is CC(C)N1CCN(C(=O)C2CCC3(CC2)OC(=O)c2ccccc23)CC1. The molecule has 0 bridgehead atoms. The molecule has 26 heavy (non-hydrogen) atoms. The first-order valence-electron chi connectivity index (χ1n) is 9.86. The van der Waals surface area contributed by atoms with Gasteiger partial charge in [0, 0.05) is 43.7 Å². The number of esters is 1. The van der Waals surface area contributed by atoms with Gasteiger partial charge >= 0.3 is 5.97 Å². The van der Waals surface area contributed by atoms with Crippen molar-refractivity contribution in [3.8, 4) is 0 Å². The molecule has 1 aromatic rings. The van der Waals surface area contributed by atoms with E-state index in [-0.39, 0.29) is 11.9 Å². The number of ether oxygens (including phenoxy) is 1. The molecule has 3 aliphatic rings. The average Bonchev–Trinajstić information content (AvgIpc) is 2.94. The van der Waals surface area contributed by atoms with Gasteiger partial charge in [-0.3, -0.25) is 9.69 Å². The number of benzene rings is 1. The third-order valence-corrected chi connectivity index (χ3v) is 6.42. The minimum absolute atomic E-state index is 0.0673. The highest BCUT2D eigenvalue weighted by atomic mass is 16.6. The summed E-state index contributed by atoms with van der Waals surface area (Å²) in [6.07, 6.45) is 3.09. The van der Waals surface area contributed by atoms with Gasteiger partial charge in [-0.1, -0.05) is 18.2 Å². The van der Waals surface area contributed by atoms with E-state index >= 15 is 0 Å².